The maximum Gasteiger partial charge on any atom is 0.122 e. The van der Waals surface area contributed by atoms with Gasteiger partial charge in [-0.05, 0) is 41.8 Å². The van der Waals surface area contributed by atoms with Crippen molar-refractivity contribution in [2.24, 2.45) is 5.84 Å². The minimum Gasteiger partial charge on any atom is -0.496 e. The Morgan fingerprint density at radius 3 is 2.70 bits per heavy atom. The molecule has 0 aromatic heterocycles. The average Bonchev–Trinajstić information content (AvgIpc) is 2.46. The Hall–Kier alpha value is -1.07. The maximum absolute atomic E-state index is 6.06. The largest absolute Gasteiger partial charge is 0.496 e. The highest BCUT2D eigenvalue weighted by Gasteiger charge is 2.16. The fourth-order valence-electron chi connectivity index (χ4n) is 2.14. The molecule has 0 fully saturated rings. The summed E-state index contributed by atoms with van der Waals surface area (Å²) in [7, 11) is 1.65. The van der Waals surface area contributed by atoms with E-state index in [0.717, 1.165) is 21.3 Å². The molecule has 106 valence electrons. The Morgan fingerprint density at radius 2 is 2.05 bits per heavy atom. The summed E-state index contributed by atoms with van der Waals surface area (Å²) in [6.45, 7) is 0. The molecule has 1 unspecified atom stereocenters. The number of nitrogens with one attached hydrogen (secondary N) is 1. The van der Waals surface area contributed by atoms with Crippen molar-refractivity contribution in [2.45, 2.75) is 12.5 Å². The molecular weight excluding hydrogens is 340 g/mol. The van der Waals surface area contributed by atoms with E-state index in [2.05, 4.69) is 21.4 Å². The zero-order valence-corrected chi connectivity index (χ0v) is 13.4. The molecule has 3 nitrogen and oxygen atoms in total. The summed E-state index contributed by atoms with van der Waals surface area (Å²) in [4.78, 5) is 0. The van der Waals surface area contributed by atoms with Gasteiger partial charge in [0.15, 0.2) is 0 Å². The molecule has 0 saturated carbocycles. The zero-order chi connectivity index (χ0) is 14.5. The summed E-state index contributed by atoms with van der Waals surface area (Å²) < 4.78 is 6.39. The van der Waals surface area contributed by atoms with Gasteiger partial charge in [-0.2, -0.15) is 0 Å². The average molecular weight is 356 g/mol. The molecule has 2 aromatic rings. The lowest BCUT2D eigenvalue weighted by atomic mass is 9.99. The second-order valence-electron chi connectivity index (χ2n) is 4.40. The second-order valence-corrected chi connectivity index (χ2v) is 5.69. The normalized spacial score (nSPS) is 12.2. The van der Waals surface area contributed by atoms with Gasteiger partial charge in [0, 0.05) is 9.50 Å². The first-order valence-corrected chi connectivity index (χ1v) is 7.35. The van der Waals surface area contributed by atoms with E-state index in [1.807, 2.05) is 42.5 Å². The van der Waals surface area contributed by atoms with E-state index < -0.39 is 0 Å². The first kappa shape index (κ1) is 15.3. The van der Waals surface area contributed by atoms with Crippen molar-refractivity contribution < 1.29 is 4.74 Å². The van der Waals surface area contributed by atoms with E-state index in [4.69, 9.17) is 22.2 Å². The molecule has 0 bridgehead atoms. The van der Waals surface area contributed by atoms with Crippen LogP contribution in [-0.2, 0) is 6.42 Å². The predicted molar refractivity (Wildman–Crippen MR) is 85.9 cm³/mol. The quantitative estimate of drug-likeness (QED) is 0.632. The van der Waals surface area contributed by atoms with E-state index in [0.29, 0.717) is 11.4 Å². The van der Waals surface area contributed by atoms with Gasteiger partial charge in [0.25, 0.3) is 0 Å². The van der Waals surface area contributed by atoms with Crippen molar-refractivity contribution in [3.05, 3.63) is 63.1 Å². The molecule has 0 spiro atoms. The van der Waals surface area contributed by atoms with Crippen LogP contribution in [0.25, 0.3) is 0 Å². The number of hydrogen-bond acceptors (Lipinski definition) is 3. The highest BCUT2D eigenvalue weighted by molar-refractivity contribution is 9.10. The summed E-state index contributed by atoms with van der Waals surface area (Å²) >= 11 is 9.61. The number of hydrogen-bond donors (Lipinski definition) is 2. The van der Waals surface area contributed by atoms with E-state index >= 15 is 0 Å². The second kappa shape index (κ2) is 7.09. The number of halogens is 2. The first-order chi connectivity index (χ1) is 9.65. The molecule has 0 saturated heterocycles. The highest BCUT2D eigenvalue weighted by atomic mass is 79.9. The minimum atomic E-state index is -0.0297. The van der Waals surface area contributed by atoms with Crippen LogP contribution in [-0.4, -0.2) is 7.11 Å². The standard InChI is InChI=1S/C15H16BrClN2O/c1-20-15-7-6-11(17)8-10(15)9-14(19-18)12-4-2-3-5-13(12)16/h2-8,14,19H,9,18H2,1H3. The monoisotopic (exact) mass is 354 g/mol. The van der Waals surface area contributed by atoms with Crippen LogP contribution in [0.1, 0.15) is 17.2 Å². The number of nitrogens with two attached hydrogens (primary N) is 1. The van der Waals surface area contributed by atoms with Crippen LogP contribution in [0.2, 0.25) is 5.02 Å². The highest BCUT2D eigenvalue weighted by Crippen LogP contribution is 2.30. The molecule has 0 aliphatic carbocycles. The van der Waals surface area contributed by atoms with E-state index in [-0.39, 0.29) is 6.04 Å². The van der Waals surface area contributed by atoms with Crippen LogP contribution in [0.3, 0.4) is 0 Å². The summed E-state index contributed by atoms with van der Waals surface area (Å²) in [5.74, 6) is 6.51. The zero-order valence-electron chi connectivity index (χ0n) is 11.1. The van der Waals surface area contributed by atoms with Crippen molar-refractivity contribution >= 4 is 27.5 Å². The maximum atomic E-state index is 6.06. The van der Waals surface area contributed by atoms with Gasteiger partial charge in [0.05, 0.1) is 13.2 Å². The van der Waals surface area contributed by atoms with Crippen LogP contribution >= 0.6 is 27.5 Å². The molecule has 5 heteroatoms. The third kappa shape index (κ3) is 3.52. The third-order valence-corrected chi connectivity index (χ3v) is 4.11. The summed E-state index contributed by atoms with van der Waals surface area (Å²) in [6, 6.07) is 13.5. The number of methoxy groups -OCH3 is 1. The summed E-state index contributed by atoms with van der Waals surface area (Å²) in [6.07, 6.45) is 0.683. The summed E-state index contributed by atoms with van der Waals surface area (Å²) in [5, 5.41) is 0.684. The Balaban J connectivity index is 2.31. The molecular formula is C15H16BrClN2O. The Morgan fingerprint density at radius 1 is 1.30 bits per heavy atom. The SMILES string of the molecule is COc1ccc(Cl)cc1CC(NN)c1ccccc1Br. The fourth-order valence-corrected chi connectivity index (χ4v) is 2.90. The number of hydrazine groups is 1. The topological polar surface area (TPSA) is 47.3 Å². The number of benzene rings is 2. The van der Waals surface area contributed by atoms with Crippen LogP contribution in [0.4, 0.5) is 0 Å². The Kier molecular flexibility index (Phi) is 5.43. The Bertz CT molecular complexity index is 592. The fraction of sp³-hybridized carbons (Fsp3) is 0.200. The molecule has 2 rings (SSSR count). The lowest BCUT2D eigenvalue weighted by Crippen LogP contribution is -2.30. The van der Waals surface area contributed by atoms with Crippen LogP contribution < -0.4 is 16.0 Å². The van der Waals surface area contributed by atoms with Crippen molar-refractivity contribution in [3.8, 4) is 5.75 Å². The molecule has 0 heterocycles. The third-order valence-electron chi connectivity index (χ3n) is 3.15. The lowest BCUT2D eigenvalue weighted by Gasteiger charge is -2.19. The van der Waals surface area contributed by atoms with E-state index in [9.17, 15) is 0 Å². The van der Waals surface area contributed by atoms with Crippen molar-refractivity contribution in [3.63, 3.8) is 0 Å². The van der Waals surface area contributed by atoms with Crippen LogP contribution in [0.15, 0.2) is 46.9 Å². The molecule has 2 aromatic carbocycles. The number of ether oxygens (including phenoxy) is 1. The molecule has 0 aliphatic heterocycles. The van der Waals surface area contributed by atoms with Crippen molar-refractivity contribution in [2.75, 3.05) is 7.11 Å². The molecule has 0 aliphatic rings. The molecule has 20 heavy (non-hydrogen) atoms. The van der Waals surface area contributed by atoms with E-state index in [1.54, 1.807) is 7.11 Å². The number of rotatable bonds is 5. The van der Waals surface area contributed by atoms with Gasteiger partial charge in [0.2, 0.25) is 0 Å². The van der Waals surface area contributed by atoms with Crippen LogP contribution in [0.5, 0.6) is 5.75 Å². The lowest BCUT2D eigenvalue weighted by molar-refractivity contribution is 0.405. The van der Waals surface area contributed by atoms with E-state index in [1.165, 1.54) is 0 Å². The van der Waals surface area contributed by atoms with Crippen molar-refractivity contribution in [1.29, 1.82) is 0 Å². The molecule has 0 amide bonds. The van der Waals surface area contributed by atoms with Crippen molar-refractivity contribution in [1.82, 2.24) is 5.43 Å². The van der Waals surface area contributed by atoms with Gasteiger partial charge in [-0.25, -0.2) is 0 Å². The predicted octanol–water partition coefficient (Wildman–Crippen LogP) is 3.86. The van der Waals surface area contributed by atoms with Gasteiger partial charge in [0.1, 0.15) is 5.75 Å². The van der Waals surface area contributed by atoms with Gasteiger partial charge < -0.3 is 4.74 Å². The molecule has 0 radical (unpaired) electrons. The van der Waals surface area contributed by atoms with Gasteiger partial charge >= 0.3 is 0 Å². The molecule has 3 N–H and O–H groups in total. The summed E-state index contributed by atoms with van der Waals surface area (Å²) in [5.41, 5.74) is 4.96. The van der Waals surface area contributed by atoms with Gasteiger partial charge in [-0.1, -0.05) is 45.7 Å². The molecule has 1 atom stereocenters. The van der Waals surface area contributed by atoms with Gasteiger partial charge in [-0.3, -0.25) is 11.3 Å². The van der Waals surface area contributed by atoms with Gasteiger partial charge in [-0.15, -0.1) is 0 Å². The van der Waals surface area contributed by atoms with Crippen LogP contribution in [0, 0.1) is 0 Å². The minimum absolute atomic E-state index is 0.0297. The Labute approximate surface area is 132 Å². The smallest absolute Gasteiger partial charge is 0.122 e. The first-order valence-electron chi connectivity index (χ1n) is 6.18.